The van der Waals surface area contributed by atoms with Crippen molar-refractivity contribution in [2.24, 2.45) is 7.05 Å². The molecule has 7 nitrogen and oxygen atoms in total. The summed E-state index contributed by atoms with van der Waals surface area (Å²) in [5.41, 5.74) is 2.38. The van der Waals surface area contributed by atoms with Crippen molar-refractivity contribution in [3.8, 4) is 11.1 Å². The van der Waals surface area contributed by atoms with Crippen LogP contribution in [0.2, 0.25) is 0 Å². The van der Waals surface area contributed by atoms with Crippen molar-refractivity contribution in [3.05, 3.63) is 49.1 Å². The Morgan fingerprint density at radius 1 is 1.06 bits per heavy atom. The third-order valence-electron chi connectivity index (χ3n) is 6.08. The van der Waals surface area contributed by atoms with Crippen LogP contribution in [0.3, 0.4) is 0 Å². The first kappa shape index (κ1) is 22.6. The predicted octanol–water partition coefficient (Wildman–Crippen LogP) is 2.12. The Kier molecular flexibility index (Phi) is 7.63. The molecule has 2 aromatic rings. The van der Waals surface area contributed by atoms with Gasteiger partial charge in [-0.3, -0.25) is 4.79 Å². The summed E-state index contributed by atoms with van der Waals surface area (Å²) in [5.74, 6) is 0.859. The van der Waals surface area contributed by atoms with Gasteiger partial charge < -0.3 is 15.4 Å². The van der Waals surface area contributed by atoms with E-state index >= 15 is 0 Å². The number of aryl methyl sites for hydroxylation is 2. The maximum Gasteiger partial charge on any atom is 0.315 e. The maximum atomic E-state index is 12.0. The lowest BCUT2D eigenvalue weighted by Crippen LogP contribution is -2.36. The molecule has 2 aliphatic rings. The highest BCUT2D eigenvalue weighted by Crippen LogP contribution is 2.33. The summed E-state index contributed by atoms with van der Waals surface area (Å²) >= 11 is 1.91. The first-order valence-corrected chi connectivity index (χ1v) is 12.4. The molecule has 0 spiro atoms. The minimum atomic E-state index is -0.115. The molecule has 2 fully saturated rings. The molecule has 0 saturated carbocycles. The number of aromatic nitrogens is 2. The van der Waals surface area contributed by atoms with Crippen molar-refractivity contribution < 1.29 is 23.5 Å². The van der Waals surface area contributed by atoms with Crippen LogP contribution in [0.5, 0.6) is 0 Å². The minimum Gasteiger partial charge on any atom is -0.465 e. The second-order valence-electron chi connectivity index (χ2n) is 8.52. The zero-order valence-electron chi connectivity index (χ0n) is 18.5. The number of hydrogen-bond donors (Lipinski definition) is 2. The van der Waals surface area contributed by atoms with Crippen LogP contribution in [-0.4, -0.2) is 41.7 Å². The van der Waals surface area contributed by atoms with Crippen molar-refractivity contribution in [2.75, 3.05) is 12.4 Å². The van der Waals surface area contributed by atoms with Crippen LogP contribution >= 0.6 is 11.8 Å². The Labute approximate surface area is 193 Å². The smallest absolute Gasteiger partial charge is 0.315 e. The Hall–Kier alpha value is -2.61. The standard InChI is InChI=1S/C24H31N4O3S/c1-27-12-7-18(8-13-27)19-9-14-28(15-10-19)11-4-16-31-22(29)6-3-2-5-21-23-20(17-32-21)25-24(30)26-23/h7-10,12-15,20-21,23H,2-6,11,16-17H2,1H3,(H-,25,26,30)/q+1/p+1/t20-,21-,23-/m0/s1. The zero-order chi connectivity index (χ0) is 22.3. The fourth-order valence-electron chi connectivity index (χ4n) is 4.26. The zero-order valence-corrected chi connectivity index (χ0v) is 19.4. The summed E-state index contributed by atoms with van der Waals surface area (Å²) < 4.78 is 9.53. The molecule has 0 aromatic carbocycles. The van der Waals surface area contributed by atoms with Crippen molar-refractivity contribution in [3.63, 3.8) is 0 Å². The van der Waals surface area contributed by atoms with Gasteiger partial charge in [0.1, 0.15) is 7.05 Å². The van der Waals surface area contributed by atoms with E-state index in [-0.39, 0.29) is 24.1 Å². The summed E-state index contributed by atoms with van der Waals surface area (Å²) in [6, 6.07) is 8.88. The number of rotatable bonds is 10. The molecule has 4 rings (SSSR count). The number of nitrogens with zero attached hydrogens (tertiary/aromatic N) is 2. The van der Waals surface area contributed by atoms with Gasteiger partial charge in [0.05, 0.1) is 18.7 Å². The van der Waals surface area contributed by atoms with Crippen LogP contribution in [0.4, 0.5) is 4.79 Å². The number of hydrogen-bond acceptors (Lipinski definition) is 4. The largest absolute Gasteiger partial charge is 0.465 e. The first-order valence-electron chi connectivity index (χ1n) is 11.4. The van der Waals surface area contributed by atoms with Crippen molar-refractivity contribution >= 4 is 23.8 Å². The Balaban J connectivity index is 1.07. The molecule has 0 radical (unpaired) electrons. The van der Waals surface area contributed by atoms with Gasteiger partial charge in [-0.15, -0.1) is 0 Å². The monoisotopic (exact) mass is 456 g/mol. The number of thioether (sulfide) groups is 1. The molecule has 8 heteroatoms. The van der Waals surface area contributed by atoms with E-state index in [2.05, 4.69) is 51.9 Å². The highest BCUT2D eigenvalue weighted by Gasteiger charge is 2.42. The van der Waals surface area contributed by atoms with E-state index in [4.69, 9.17) is 4.74 Å². The van der Waals surface area contributed by atoms with Gasteiger partial charge in [0.2, 0.25) is 0 Å². The molecule has 0 unspecified atom stereocenters. The number of carbonyl (C=O) groups is 2. The van der Waals surface area contributed by atoms with Gasteiger partial charge in [0.25, 0.3) is 0 Å². The van der Waals surface area contributed by atoms with Gasteiger partial charge in [-0.05, 0) is 24.0 Å². The number of ether oxygens (including phenoxy) is 1. The SMILES string of the molecule is C[n+]1ccc(-c2cc[n+](CCCOC(=O)CCCC[C@@H]3SC[C@@H]4NC(=O)N[C@@H]43)cc2)cc1. The van der Waals surface area contributed by atoms with Crippen LogP contribution < -0.4 is 19.8 Å². The fourth-order valence-corrected chi connectivity index (χ4v) is 5.80. The molecule has 3 atom stereocenters. The lowest BCUT2D eigenvalue weighted by atomic mass is 10.0. The molecule has 2 amide bonds. The lowest BCUT2D eigenvalue weighted by Gasteiger charge is -2.16. The van der Waals surface area contributed by atoms with E-state index < -0.39 is 0 Å². The van der Waals surface area contributed by atoms with Gasteiger partial charge >= 0.3 is 12.0 Å². The van der Waals surface area contributed by atoms with E-state index in [0.717, 1.165) is 38.0 Å². The Bertz CT molecular complexity index is 920. The maximum absolute atomic E-state index is 12.0. The number of fused-ring (bicyclic) bond motifs is 1. The highest BCUT2D eigenvalue weighted by molar-refractivity contribution is 8.00. The van der Waals surface area contributed by atoms with Gasteiger partial charge in [-0.1, -0.05) is 6.42 Å². The van der Waals surface area contributed by atoms with Crippen molar-refractivity contribution in [1.82, 2.24) is 10.6 Å². The van der Waals surface area contributed by atoms with E-state index in [9.17, 15) is 9.59 Å². The van der Waals surface area contributed by atoms with Crippen molar-refractivity contribution in [2.45, 2.75) is 56.0 Å². The molecule has 32 heavy (non-hydrogen) atoms. The number of carbonyl (C=O) groups excluding carboxylic acids is 2. The second-order valence-corrected chi connectivity index (χ2v) is 9.79. The summed E-state index contributed by atoms with van der Waals surface area (Å²) in [6.07, 6.45) is 12.3. The minimum absolute atomic E-state index is 0.0477. The topological polar surface area (TPSA) is 75.2 Å². The third kappa shape index (κ3) is 6.00. The Morgan fingerprint density at radius 2 is 1.78 bits per heavy atom. The quantitative estimate of drug-likeness (QED) is 0.249. The van der Waals surface area contributed by atoms with Crippen LogP contribution in [0.15, 0.2) is 49.1 Å². The van der Waals surface area contributed by atoms with E-state index in [0.29, 0.717) is 18.3 Å². The number of pyridine rings is 2. The van der Waals surface area contributed by atoms with Gasteiger partial charge in [-0.2, -0.15) is 11.8 Å². The van der Waals surface area contributed by atoms with E-state index in [1.54, 1.807) is 0 Å². The molecule has 170 valence electrons. The summed E-state index contributed by atoms with van der Waals surface area (Å²) in [4.78, 5) is 23.4. The van der Waals surface area contributed by atoms with E-state index in [1.165, 1.54) is 11.1 Å². The predicted molar refractivity (Wildman–Crippen MR) is 123 cm³/mol. The molecule has 2 saturated heterocycles. The van der Waals surface area contributed by atoms with Gasteiger partial charge in [0, 0.05) is 48.1 Å². The van der Waals surface area contributed by atoms with Gasteiger partial charge in [-0.25, -0.2) is 13.9 Å². The molecule has 2 N–H and O–H groups in total. The number of esters is 1. The average molecular weight is 457 g/mol. The van der Waals surface area contributed by atoms with E-state index in [1.807, 2.05) is 35.8 Å². The highest BCUT2D eigenvalue weighted by atomic mass is 32.2. The number of unbranched alkanes of at least 4 members (excludes halogenated alkanes) is 1. The molecule has 0 bridgehead atoms. The molecule has 4 heterocycles. The summed E-state index contributed by atoms with van der Waals surface area (Å²) in [5, 5.41) is 6.42. The normalized spacial score (nSPS) is 21.7. The molecular weight excluding hydrogens is 424 g/mol. The van der Waals surface area contributed by atoms with Crippen LogP contribution in [0.25, 0.3) is 11.1 Å². The molecule has 2 aromatic heterocycles. The average Bonchev–Trinajstić information content (AvgIpc) is 3.34. The molecule has 0 aliphatic carbocycles. The van der Waals surface area contributed by atoms with Crippen LogP contribution in [0, 0.1) is 0 Å². The van der Waals surface area contributed by atoms with Crippen LogP contribution in [0.1, 0.15) is 32.1 Å². The number of amides is 2. The summed E-state index contributed by atoms with van der Waals surface area (Å²) in [7, 11) is 2.01. The number of urea groups is 1. The third-order valence-corrected chi connectivity index (χ3v) is 7.59. The summed E-state index contributed by atoms with van der Waals surface area (Å²) in [6.45, 7) is 1.27. The second kappa shape index (κ2) is 10.8. The Morgan fingerprint density at radius 3 is 2.53 bits per heavy atom. The van der Waals surface area contributed by atoms with Crippen LogP contribution in [-0.2, 0) is 23.1 Å². The molecule has 2 aliphatic heterocycles. The van der Waals surface area contributed by atoms with Crippen molar-refractivity contribution in [1.29, 1.82) is 0 Å². The number of nitrogens with one attached hydrogen (secondary N) is 2. The van der Waals surface area contributed by atoms with Gasteiger partial charge in [0.15, 0.2) is 31.3 Å². The first-order chi connectivity index (χ1) is 15.6. The molecular formula is C24H32N4O3S+2. The fraction of sp³-hybridized carbons (Fsp3) is 0.500. The lowest BCUT2D eigenvalue weighted by molar-refractivity contribution is -0.697.